The molecule has 0 radical (unpaired) electrons. The average molecular weight is 370 g/mol. The fourth-order valence-corrected chi connectivity index (χ4v) is 3.19. The number of methoxy groups -OCH3 is 1. The van der Waals surface area contributed by atoms with Crippen molar-refractivity contribution in [2.75, 3.05) is 33.3 Å². The van der Waals surface area contributed by atoms with Crippen molar-refractivity contribution in [2.45, 2.75) is 19.0 Å². The van der Waals surface area contributed by atoms with Gasteiger partial charge in [0.15, 0.2) is 0 Å². The third-order valence-corrected chi connectivity index (χ3v) is 4.61. The molecule has 3 rings (SSSR count). The summed E-state index contributed by atoms with van der Waals surface area (Å²) in [6, 6.07) is 3.47. The van der Waals surface area contributed by atoms with Gasteiger partial charge in [-0.1, -0.05) is 0 Å². The summed E-state index contributed by atoms with van der Waals surface area (Å²) in [7, 11) is 1.56. The van der Waals surface area contributed by atoms with Crippen LogP contribution in [0.4, 0.5) is 13.2 Å². The van der Waals surface area contributed by atoms with E-state index in [0.29, 0.717) is 49.6 Å². The summed E-state index contributed by atoms with van der Waals surface area (Å²) in [5.74, 6) is 0.587. The van der Waals surface area contributed by atoms with Gasteiger partial charge in [0.1, 0.15) is 17.1 Å². The minimum absolute atomic E-state index is 0.183. The number of nitrogens with zero attached hydrogens (tertiary/aromatic N) is 3. The van der Waals surface area contributed by atoms with E-state index in [1.165, 1.54) is 11.1 Å². The minimum Gasteiger partial charge on any atom is -0.497 e. The summed E-state index contributed by atoms with van der Waals surface area (Å²) in [4.78, 5) is 18.0. The Morgan fingerprint density at radius 2 is 2.12 bits per heavy atom. The third-order valence-electron chi connectivity index (χ3n) is 4.61. The lowest BCUT2D eigenvalue weighted by molar-refractivity contribution is -0.148. The maximum atomic E-state index is 12.4. The SMILES string of the molecule is COc1ccn2c(C(=O)NCC3CCN(CC(F)(F)F)CC3)cnc2c1. The van der Waals surface area contributed by atoms with Crippen LogP contribution in [-0.2, 0) is 0 Å². The van der Waals surface area contributed by atoms with Crippen LogP contribution in [0.3, 0.4) is 0 Å². The van der Waals surface area contributed by atoms with Crippen LogP contribution in [0, 0.1) is 5.92 Å². The minimum atomic E-state index is -4.16. The van der Waals surface area contributed by atoms with Gasteiger partial charge in [-0.05, 0) is 37.9 Å². The van der Waals surface area contributed by atoms with Crippen LogP contribution in [0.15, 0.2) is 24.5 Å². The van der Waals surface area contributed by atoms with E-state index < -0.39 is 12.7 Å². The second kappa shape index (κ2) is 7.53. The molecule has 9 heteroatoms. The molecule has 3 heterocycles. The third kappa shape index (κ3) is 4.46. The number of halogens is 3. The molecule has 0 aromatic carbocycles. The smallest absolute Gasteiger partial charge is 0.401 e. The number of carbonyl (C=O) groups is 1. The molecule has 1 N–H and O–H groups in total. The number of fused-ring (bicyclic) bond motifs is 1. The summed E-state index contributed by atoms with van der Waals surface area (Å²) in [5.41, 5.74) is 1.02. The molecule has 6 nitrogen and oxygen atoms in total. The summed E-state index contributed by atoms with van der Waals surface area (Å²) in [6.07, 6.45) is 0.329. The van der Waals surface area contributed by atoms with E-state index in [1.54, 1.807) is 29.8 Å². The second-order valence-corrected chi connectivity index (χ2v) is 6.48. The summed E-state index contributed by atoms with van der Waals surface area (Å²) < 4.78 is 44.0. The Morgan fingerprint density at radius 3 is 2.77 bits per heavy atom. The summed E-state index contributed by atoms with van der Waals surface area (Å²) >= 11 is 0. The summed E-state index contributed by atoms with van der Waals surface area (Å²) in [6.45, 7) is 0.379. The lowest BCUT2D eigenvalue weighted by Gasteiger charge is -2.32. The summed E-state index contributed by atoms with van der Waals surface area (Å²) in [5, 5.41) is 2.87. The Hall–Kier alpha value is -2.29. The molecule has 0 atom stereocenters. The highest BCUT2D eigenvalue weighted by Crippen LogP contribution is 2.22. The standard InChI is InChI=1S/C17H21F3N4O2/c1-26-13-4-7-24-14(10-21-15(24)8-13)16(25)22-9-12-2-5-23(6-3-12)11-17(18,19)20/h4,7-8,10,12H,2-3,5-6,9,11H2,1H3,(H,22,25). The van der Waals surface area contributed by atoms with Crippen LogP contribution in [0.25, 0.3) is 5.65 Å². The number of amides is 1. The average Bonchev–Trinajstić information content (AvgIpc) is 3.02. The van der Waals surface area contributed by atoms with E-state index in [0.717, 1.165) is 0 Å². The van der Waals surface area contributed by atoms with Gasteiger partial charge in [-0.15, -0.1) is 0 Å². The first-order valence-electron chi connectivity index (χ1n) is 8.44. The lowest BCUT2D eigenvalue weighted by Crippen LogP contribution is -2.42. The molecule has 1 saturated heterocycles. The van der Waals surface area contributed by atoms with Crippen molar-refractivity contribution < 1.29 is 22.7 Å². The Labute approximate surface area is 148 Å². The monoisotopic (exact) mass is 370 g/mol. The highest BCUT2D eigenvalue weighted by Gasteiger charge is 2.32. The van der Waals surface area contributed by atoms with E-state index in [9.17, 15) is 18.0 Å². The van der Waals surface area contributed by atoms with E-state index >= 15 is 0 Å². The van der Waals surface area contributed by atoms with E-state index in [1.807, 2.05) is 0 Å². The number of alkyl halides is 3. The van der Waals surface area contributed by atoms with E-state index in [-0.39, 0.29) is 11.8 Å². The van der Waals surface area contributed by atoms with Gasteiger partial charge in [0.05, 0.1) is 19.9 Å². The number of aromatic nitrogens is 2. The molecule has 1 aliphatic heterocycles. The highest BCUT2D eigenvalue weighted by molar-refractivity contribution is 5.93. The normalized spacial score (nSPS) is 16.8. The first-order chi connectivity index (χ1) is 12.4. The van der Waals surface area contributed by atoms with Gasteiger partial charge >= 0.3 is 6.18 Å². The molecule has 0 unspecified atom stereocenters. The molecule has 2 aromatic heterocycles. The molecule has 0 bridgehead atoms. The molecular formula is C17H21F3N4O2. The van der Waals surface area contributed by atoms with Gasteiger partial charge in [-0.3, -0.25) is 14.1 Å². The van der Waals surface area contributed by atoms with Crippen molar-refractivity contribution in [3.63, 3.8) is 0 Å². The van der Waals surface area contributed by atoms with Gasteiger partial charge in [0.25, 0.3) is 5.91 Å². The number of imidazole rings is 1. The Bertz CT molecular complexity index is 767. The largest absolute Gasteiger partial charge is 0.497 e. The van der Waals surface area contributed by atoms with E-state index in [4.69, 9.17) is 4.74 Å². The van der Waals surface area contributed by atoms with Crippen LogP contribution >= 0.6 is 0 Å². The molecule has 0 saturated carbocycles. The first kappa shape index (κ1) is 18.5. The first-order valence-corrected chi connectivity index (χ1v) is 8.44. The highest BCUT2D eigenvalue weighted by atomic mass is 19.4. The number of hydrogen-bond donors (Lipinski definition) is 1. The zero-order valence-corrected chi connectivity index (χ0v) is 14.4. The molecule has 0 spiro atoms. The lowest BCUT2D eigenvalue weighted by atomic mass is 9.97. The number of likely N-dealkylation sites (tertiary alicyclic amines) is 1. The molecule has 142 valence electrons. The van der Waals surface area contributed by atoms with Crippen LogP contribution in [0.2, 0.25) is 0 Å². The quantitative estimate of drug-likeness (QED) is 0.878. The second-order valence-electron chi connectivity index (χ2n) is 6.48. The number of piperidine rings is 1. The number of carbonyl (C=O) groups excluding carboxylic acids is 1. The Morgan fingerprint density at radius 1 is 1.38 bits per heavy atom. The van der Waals surface area contributed by atoms with Gasteiger partial charge < -0.3 is 10.1 Å². The van der Waals surface area contributed by atoms with Crippen molar-refractivity contribution in [3.8, 4) is 5.75 Å². The fourth-order valence-electron chi connectivity index (χ4n) is 3.19. The maximum Gasteiger partial charge on any atom is 0.401 e. The zero-order chi connectivity index (χ0) is 18.7. The van der Waals surface area contributed by atoms with Crippen molar-refractivity contribution in [1.29, 1.82) is 0 Å². The molecule has 1 fully saturated rings. The molecular weight excluding hydrogens is 349 g/mol. The van der Waals surface area contributed by atoms with Gasteiger partial charge in [-0.2, -0.15) is 13.2 Å². The number of nitrogens with one attached hydrogen (secondary N) is 1. The fraction of sp³-hybridized carbons (Fsp3) is 0.529. The van der Waals surface area contributed by atoms with Crippen molar-refractivity contribution >= 4 is 11.6 Å². The van der Waals surface area contributed by atoms with Crippen molar-refractivity contribution in [2.24, 2.45) is 5.92 Å². The number of rotatable bonds is 5. The van der Waals surface area contributed by atoms with Crippen LogP contribution < -0.4 is 10.1 Å². The number of pyridine rings is 1. The maximum absolute atomic E-state index is 12.4. The topological polar surface area (TPSA) is 58.9 Å². The Balaban J connectivity index is 1.52. The zero-order valence-electron chi connectivity index (χ0n) is 14.4. The number of hydrogen-bond acceptors (Lipinski definition) is 4. The molecule has 1 amide bonds. The molecule has 2 aromatic rings. The predicted octanol–water partition coefficient (Wildman–Crippen LogP) is 2.35. The van der Waals surface area contributed by atoms with Crippen LogP contribution in [0.1, 0.15) is 23.3 Å². The number of ether oxygens (including phenoxy) is 1. The molecule has 1 aliphatic rings. The van der Waals surface area contributed by atoms with Gasteiger partial charge in [0, 0.05) is 18.8 Å². The molecule has 0 aliphatic carbocycles. The van der Waals surface area contributed by atoms with Gasteiger partial charge in [0.2, 0.25) is 0 Å². The Kier molecular flexibility index (Phi) is 5.36. The predicted molar refractivity (Wildman–Crippen MR) is 89.3 cm³/mol. The van der Waals surface area contributed by atoms with Crippen molar-refractivity contribution in [1.82, 2.24) is 19.6 Å². The van der Waals surface area contributed by atoms with Crippen LogP contribution in [-0.4, -0.2) is 59.7 Å². The van der Waals surface area contributed by atoms with Crippen molar-refractivity contribution in [3.05, 3.63) is 30.2 Å². The van der Waals surface area contributed by atoms with Gasteiger partial charge in [-0.25, -0.2) is 4.98 Å². The molecule has 26 heavy (non-hydrogen) atoms. The van der Waals surface area contributed by atoms with Crippen LogP contribution in [0.5, 0.6) is 5.75 Å². The van der Waals surface area contributed by atoms with E-state index in [2.05, 4.69) is 10.3 Å².